The highest BCUT2D eigenvalue weighted by molar-refractivity contribution is 5.94. The van der Waals surface area contributed by atoms with Crippen LogP contribution in [-0.2, 0) is 6.42 Å². The van der Waals surface area contributed by atoms with E-state index < -0.39 is 0 Å². The van der Waals surface area contributed by atoms with Crippen molar-refractivity contribution >= 4 is 17.7 Å². The Labute approximate surface area is 173 Å². The number of aromatic nitrogens is 3. The van der Waals surface area contributed by atoms with Crippen molar-refractivity contribution in [3.63, 3.8) is 0 Å². The number of nitrogens with one attached hydrogen (secondary N) is 1. The molecule has 7 nitrogen and oxygen atoms in total. The second-order valence-electron chi connectivity index (χ2n) is 6.90. The SMILES string of the molecule is C[C@H](NC(=O)N1CCc2ncc(C#Cc3cnc(N)nc3)cc21)c1cccc(F)c1. The van der Waals surface area contributed by atoms with Gasteiger partial charge in [0.05, 0.1) is 23.0 Å². The van der Waals surface area contributed by atoms with Crippen molar-refractivity contribution in [1.82, 2.24) is 20.3 Å². The van der Waals surface area contributed by atoms with Crippen molar-refractivity contribution in [2.24, 2.45) is 0 Å². The van der Waals surface area contributed by atoms with Gasteiger partial charge in [-0.25, -0.2) is 19.2 Å². The minimum Gasteiger partial charge on any atom is -0.368 e. The number of nitrogens with zero attached hydrogens (tertiary/aromatic N) is 4. The Morgan fingerprint density at radius 1 is 1.17 bits per heavy atom. The Hall–Kier alpha value is -3.99. The highest BCUT2D eigenvalue weighted by Crippen LogP contribution is 2.27. The van der Waals surface area contributed by atoms with Crippen LogP contribution in [0.15, 0.2) is 48.9 Å². The van der Waals surface area contributed by atoms with Gasteiger partial charge < -0.3 is 11.1 Å². The first-order chi connectivity index (χ1) is 14.5. The molecule has 0 radical (unpaired) electrons. The molecule has 4 rings (SSSR count). The second kappa shape index (κ2) is 8.17. The number of halogens is 1. The average Bonchev–Trinajstić information content (AvgIpc) is 3.16. The molecule has 1 aliphatic rings. The van der Waals surface area contributed by atoms with Crippen LogP contribution in [0.5, 0.6) is 0 Å². The van der Waals surface area contributed by atoms with Gasteiger partial charge in [-0.1, -0.05) is 24.0 Å². The molecule has 2 aromatic heterocycles. The summed E-state index contributed by atoms with van der Waals surface area (Å²) >= 11 is 0. The highest BCUT2D eigenvalue weighted by atomic mass is 19.1. The van der Waals surface area contributed by atoms with Crippen molar-refractivity contribution in [2.45, 2.75) is 19.4 Å². The molecule has 0 bridgehead atoms. The van der Waals surface area contributed by atoms with Crippen molar-refractivity contribution < 1.29 is 9.18 Å². The van der Waals surface area contributed by atoms with Crippen molar-refractivity contribution in [2.75, 3.05) is 17.2 Å². The number of pyridine rings is 1. The van der Waals surface area contributed by atoms with Gasteiger partial charge in [-0.2, -0.15) is 0 Å². The molecule has 0 spiro atoms. The maximum absolute atomic E-state index is 13.5. The van der Waals surface area contributed by atoms with Gasteiger partial charge in [0.2, 0.25) is 5.95 Å². The van der Waals surface area contributed by atoms with Gasteiger partial charge in [0.25, 0.3) is 0 Å². The van der Waals surface area contributed by atoms with Gasteiger partial charge in [-0.3, -0.25) is 9.88 Å². The quantitative estimate of drug-likeness (QED) is 0.643. The third kappa shape index (κ3) is 4.20. The monoisotopic (exact) mass is 402 g/mol. The summed E-state index contributed by atoms with van der Waals surface area (Å²) in [6, 6.07) is 7.44. The van der Waals surface area contributed by atoms with Crippen LogP contribution in [-0.4, -0.2) is 27.5 Å². The molecule has 2 amide bonds. The summed E-state index contributed by atoms with van der Waals surface area (Å²) in [5.41, 5.74) is 9.03. The van der Waals surface area contributed by atoms with Crippen molar-refractivity contribution in [1.29, 1.82) is 0 Å². The Bertz CT molecular complexity index is 1150. The number of hydrogen-bond acceptors (Lipinski definition) is 5. The minimum atomic E-state index is -0.335. The molecule has 3 aromatic rings. The largest absolute Gasteiger partial charge is 0.368 e. The van der Waals surface area contributed by atoms with Gasteiger partial charge in [-0.15, -0.1) is 0 Å². The molecular weight excluding hydrogens is 383 g/mol. The van der Waals surface area contributed by atoms with Crippen LogP contribution in [0, 0.1) is 17.7 Å². The first kappa shape index (κ1) is 19.3. The topological polar surface area (TPSA) is 97.0 Å². The van der Waals surface area contributed by atoms with E-state index in [4.69, 9.17) is 5.73 Å². The van der Waals surface area contributed by atoms with Crippen molar-refractivity contribution in [3.05, 3.63) is 77.1 Å². The van der Waals surface area contributed by atoms with Gasteiger partial charge in [0, 0.05) is 37.1 Å². The molecule has 0 unspecified atom stereocenters. The number of nitrogen functional groups attached to an aromatic ring is 1. The maximum Gasteiger partial charge on any atom is 0.322 e. The summed E-state index contributed by atoms with van der Waals surface area (Å²) < 4.78 is 13.5. The summed E-state index contributed by atoms with van der Waals surface area (Å²) in [5.74, 6) is 5.82. The number of urea groups is 1. The standard InChI is InChI=1S/C22H19FN6O/c1-14(17-3-2-4-18(23)10-17)28-22(30)29-8-7-19-20(29)9-15(11-25-19)5-6-16-12-26-21(24)27-13-16/h2-4,9-14H,7-8H2,1H3,(H,28,30)(H2,24,26,27)/t14-/m0/s1. The molecule has 0 saturated heterocycles. The highest BCUT2D eigenvalue weighted by Gasteiger charge is 2.27. The van der Waals surface area contributed by atoms with Crippen molar-refractivity contribution in [3.8, 4) is 11.8 Å². The Kier molecular flexibility index (Phi) is 5.26. The fourth-order valence-electron chi connectivity index (χ4n) is 3.19. The summed E-state index contributed by atoms with van der Waals surface area (Å²) in [5, 5.41) is 2.92. The number of fused-ring (bicyclic) bond motifs is 1. The third-order valence-corrected chi connectivity index (χ3v) is 4.77. The molecule has 3 N–H and O–H groups in total. The van der Waals surface area contributed by atoms with Crippen LogP contribution < -0.4 is 16.0 Å². The molecule has 0 aliphatic carbocycles. The predicted molar refractivity (Wildman–Crippen MR) is 111 cm³/mol. The molecule has 1 aromatic carbocycles. The number of anilines is 2. The van der Waals surface area contributed by atoms with Crippen LogP contribution >= 0.6 is 0 Å². The number of amides is 2. The number of carbonyl (C=O) groups excluding carboxylic acids is 1. The smallest absolute Gasteiger partial charge is 0.322 e. The number of benzene rings is 1. The van der Waals surface area contributed by atoms with Crippen LogP contribution in [0.2, 0.25) is 0 Å². The molecule has 1 aliphatic heterocycles. The molecule has 0 saturated carbocycles. The number of rotatable bonds is 2. The zero-order chi connectivity index (χ0) is 21.1. The normalized spacial score (nSPS) is 13.2. The second-order valence-corrected chi connectivity index (χ2v) is 6.90. The third-order valence-electron chi connectivity index (χ3n) is 4.77. The van der Waals surface area contributed by atoms with E-state index in [9.17, 15) is 9.18 Å². The molecule has 150 valence electrons. The summed E-state index contributed by atoms with van der Waals surface area (Å²) in [6.45, 7) is 2.34. The number of carbonyl (C=O) groups is 1. The van der Waals surface area contributed by atoms with Gasteiger partial charge in [0.1, 0.15) is 5.82 Å². The molecule has 8 heteroatoms. The summed E-state index contributed by atoms with van der Waals surface area (Å²) in [7, 11) is 0. The predicted octanol–water partition coefficient (Wildman–Crippen LogP) is 2.83. The summed E-state index contributed by atoms with van der Waals surface area (Å²) in [6.07, 6.45) is 5.44. The zero-order valence-corrected chi connectivity index (χ0v) is 16.3. The molecule has 1 atom stereocenters. The first-order valence-corrected chi connectivity index (χ1v) is 9.41. The van der Waals surface area contributed by atoms with E-state index in [-0.39, 0.29) is 23.8 Å². The zero-order valence-electron chi connectivity index (χ0n) is 16.3. The lowest BCUT2D eigenvalue weighted by molar-refractivity contribution is 0.244. The lowest BCUT2D eigenvalue weighted by atomic mass is 10.1. The average molecular weight is 402 g/mol. The summed E-state index contributed by atoms with van der Waals surface area (Å²) in [4.78, 5) is 26.7. The molecule has 30 heavy (non-hydrogen) atoms. The van der Waals surface area contributed by atoms with E-state index in [1.807, 2.05) is 13.0 Å². The van der Waals surface area contributed by atoms with E-state index in [0.29, 0.717) is 29.7 Å². The van der Waals surface area contributed by atoms with Crippen LogP contribution in [0.1, 0.15) is 35.3 Å². The van der Waals surface area contributed by atoms with Crippen LogP contribution in [0.25, 0.3) is 0 Å². The maximum atomic E-state index is 13.5. The van der Waals surface area contributed by atoms with E-state index in [2.05, 4.69) is 32.1 Å². The van der Waals surface area contributed by atoms with Crippen LogP contribution in [0.3, 0.4) is 0 Å². The minimum absolute atomic E-state index is 0.189. The lowest BCUT2D eigenvalue weighted by Gasteiger charge is -2.21. The fourth-order valence-corrected chi connectivity index (χ4v) is 3.19. The number of hydrogen-bond donors (Lipinski definition) is 2. The van der Waals surface area contributed by atoms with Gasteiger partial charge in [0.15, 0.2) is 0 Å². The Morgan fingerprint density at radius 2 is 1.90 bits per heavy atom. The molecule has 0 fully saturated rings. The molecule has 3 heterocycles. The fraction of sp³-hybridized carbons (Fsp3) is 0.182. The van der Waals surface area contributed by atoms with E-state index >= 15 is 0 Å². The Morgan fingerprint density at radius 3 is 2.67 bits per heavy atom. The number of nitrogens with two attached hydrogens (primary N) is 1. The molecular formula is C22H19FN6O. The van der Waals surface area contributed by atoms with Gasteiger partial charge >= 0.3 is 6.03 Å². The first-order valence-electron chi connectivity index (χ1n) is 9.41. The van der Waals surface area contributed by atoms with Gasteiger partial charge in [-0.05, 0) is 30.7 Å². The Balaban J connectivity index is 1.51. The van der Waals surface area contributed by atoms with E-state index in [0.717, 1.165) is 11.4 Å². The van der Waals surface area contributed by atoms with E-state index in [1.165, 1.54) is 12.1 Å². The van der Waals surface area contributed by atoms with E-state index in [1.54, 1.807) is 35.6 Å². The van der Waals surface area contributed by atoms with Crippen LogP contribution in [0.4, 0.5) is 20.8 Å². The lowest BCUT2D eigenvalue weighted by Crippen LogP contribution is -2.40.